The molecule has 0 bridgehead atoms. The molecule has 1 amide bonds. The average Bonchev–Trinajstić information content (AvgIpc) is 2.83. The Hall–Kier alpha value is -2.35. The molecule has 1 aromatic carbocycles. The zero-order valence-corrected chi connectivity index (χ0v) is 14.1. The van der Waals surface area contributed by atoms with Crippen LogP contribution >= 0.6 is 12.2 Å². The SMILES string of the molecule is C=C1N(c2cc3c(cc2F)OCC(=O)N3C)C(=S)N2CCCCN12. The van der Waals surface area contributed by atoms with Crippen molar-refractivity contribution in [2.45, 2.75) is 12.8 Å². The number of amides is 1. The third-order valence-corrected chi connectivity index (χ3v) is 5.00. The van der Waals surface area contributed by atoms with E-state index in [0.29, 0.717) is 22.4 Å². The van der Waals surface area contributed by atoms with Gasteiger partial charge in [0, 0.05) is 26.2 Å². The second-order valence-electron chi connectivity index (χ2n) is 6.00. The first kappa shape index (κ1) is 15.2. The number of fused-ring (bicyclic) bond motifs is 2. The first-order chi connectivity index (χ1) is 11.5. The number of hydrogen-bond acceptors (Lipinski definition) is 4. The summed E-state index contributed by atoms with van der Waals surface area (Å²) in [5.41, 5.74) is 0.807. The molecule has 0 aliphatic carbocycles. The maximum Gasteiger partial charge on any atom is 0.264 e. The number of hydrazine groups is 1. The van der Waals surface area contributed by atoms with E-state index >= 15 is 0 Å². The van der Waals surface area contributed by atoms with E-state index in [4.69, 9.17) is 17.0 Å². The number of likely N-dealkylation sites (N-methyl/N-ethyl adjacent to an activating group) is 1. The van der Waals surface area contributed by atoms with Crippen LogP contribution in [0.1, 0.15) is 12.8 Å². The summed E-state index contributed by atoms with van der Waals surface area (Å²) in [6, 6.07) is 2.90. The summed E-state index contributed by atoms with van der Waals surface area (Å²) in [6.45, 7) is 5.60. The highest BCUT2D eigenvalue weighted by Crippen LogP contribution is 2.40. The van der Waals surface area contributed by atoms with Crippen molar-refractivity contribution in [3.05, 3.63) is 30.3 Å². The Bertz CT molecular complexity index is 745. The smallest absolute Gasteiger partial charge is 0.264 e. The molecular weight excluding hydrogens is 331 g/mol. The number of carbonyl (C=O) groups excluding carboxylic acids is 1. The summed E-state index contributed by atoms with van der Waals surface area (Å²) in [5, 5.41) is 4.44. The maximum absolute atomic E-state index is 14.7. The van der Waals surface area contributed by atoms with Crippen LogP contribution in [0.4, 0.5) is 15.8 Å². The molecule has 0 unspecified atom stereocenters. The Balaban J connectivity index is 1.78. The van der Waals surface area contributed by atoms with Gasteiger partial charge in [0.25, 0.3) is 5.91 Å². The predicted molar refractivity (Wildman–Crippen MR) is 92.2 cm³/mol. The molecule has 0 atom stereocenters. The van der Waals surface area contributed by atoms with E-state index in [-0.39, 0.29) is 18.2 Å². The molecule has 0 spiro atoms. The van der Waals surface area contributed by atoms with E-state index in [1.165, 1.54) is 11.0 Å². The Morgan fingerprint density at radius 2 is 1.92 bits per heavy atom. The molecule has 126 valence electrons. The first-order valence-electron chi connectivity index (χ1n) is 7.80. The topological polar surface area (TPSA) is 39.3 Å². The third-order valence-electron chi connectivity index (χ3n) is 4.61. The first-order valence-corrected chi connectivity index (χ1v) is 8.21. The normalized spacial score (nSPS) is 20.3. The van der Waals surface area contributed by atoms with Gasteiger partial charge in [0.2, 0.25) is 5.11 Å². The van der Waals surface area contributed by atoms with Crippen LogP contribution < -0.4 is 14.5 Å². The molecule has 3 aliphatic rings. The molecule has 8 heteroatoms. The van der Waals surface area contributed by atoms with Crippen molar-refractivity contribution in [3.63, 3.8) is 0 Å². The Morgan fingerprint density at radius 3 is 2.62 bits per heavy atom. The number of benzene rings is 1. The lowest BCUT2D eigenvalue weighted by atomic mass is 10.2. The zero-order chi connectivity index (χ0) is 17.0. The highest BCUT2D eigenvalue weighted by Gasteiger charge is 2.39. The minimum atomic E-state index is -0.457. The van der Waals surface area contributed by atoms with Crippen molar-refractivity contribution < 1.29 is 13.9 Å². The molecular formula is C16H17FN4O2S. The molecule has 6 nitrogen and oxygen atoms in total. The van der Waals surface area contributed by atoms with E-state index in [1.54, 1.807) is 18.0 Å². The summed E-state index contributed by atoms with van der Waals surface area (Å²) in [5.74, 6) is 0.349. The molecule has 0 saturated carbocycles. The van der Waals surface area contributed by atoms with Crippen molar-refractivity contribution in [1.82, 2.24) is 10.0 Å². The molecule has 0 radical (unpaired) electrons. The van der Waals surface area contributed by atoms with Gasteiger partial charge in [-0.15, -0.1) is 0 Å². The van der Waals surface area contributed by atoms with E-state index < -0.39 is 5.82 Å². The van der Waals surface area contributed by atoms with Gasteiger partial charge < -0.3 is 9.64 Å². The molecule has 4 rings (SSSR count). The highest BCUT2D eigenvalue weighted by molar-refractivity contribution is 7.80. The minimum Gasteiger partial charge on any atom is -0.481 e. The largest absolute Gasteiger partial charge is 0.481 e. The Kier molecular flexibility index (Phi) is 3.38. The van der Waals surface area contributed by atoms with Crippen molar-refractivity contribution in [1.29, 1.82) is 0 Å². The van der Waals surface area contributed by atoms with Crippen LogP contribution in [0.15, 0.2) is 24.5 Å². The van der Waals surface area contributed by atoms with Gasteiger partial charge in [-0.1, -0.05) is 6.58 Å². The predicted octanol–water partition coefficient (Wildman–Crippen LogP) is 2.07. The van der Waals surface area contributed by atoms with Gasteiger partial charge in [-0.25, -0.2) is 4.39 Å². The molecule has 1 aromatic rings. The van der Waals surface area contributed by atoms with Crippen LogP contribution in [-0.4, -0.2) is 47.8 Å². The lowest BCUT2D eigenvalue weighted by Gasteiger charge is -2.33. The van der Waals surface area contributed by atoms with Crippen LogP contribution in [0.25, 0.3) is 0 Å². The number of anilines is 2. The third kappa shape index (κ3) is 2.06. The quantitative estimate of drug-likeness (QED) is 0.724. The molecule has 2 saturated heterocycles. The molecule has 2 fully saturated rings. The standard InChI is InChI=1S/C16H17FN4O2S/c1-10-19-5-3-4-6-20(19)16(24)21(10)12-8-13-14(7-11(12)17)23-9-15(22)18(13)2/h7-8H,1,3-6,9H2,2H3. The van der Waals surface area contributed by atoms with Crippen molar-refractivity contribution in [2.24, 2.45) is 0 Å². The highest BCUT2D eigenvalue weighted by atomic mass is 32.1. The number of ether oxygens (including phenoxy) is 1. The monoisotopic (exact) mass is 348 g/mol. The Labute approximate surface area is 144 Å². The fourth-order valence-electron chi connectivity index (χ4n) is 3.27. The van der Waals surface area contributed by atoms with Gasteiger partial charge in [-0.05, 0) is 31.1 Å². The number of nitrogens with zero attached hydrogens (tertiary/aromatic N) is 4. The number of hydrogen-bond donors (Lipinski definition) is 0. The summed E-state index contributed by atoms with van der Waals surface area (Å²) in [6.07, 6.45) is 2.08. The van der Waals surface area contributed by atoms with E-state index in [1.807, 2.05) is 10.0 Å². The lowest BCUT2D eigenvalue weighted by Crippen LogP contribution is -2.42. The van der Waals surface area contributed by atoms with Crippen LogP contribution in [0.3, 0.4) is 0 Å². The summed E-state index contributed by atoms with van der Waals surface area (Å²) < 4.78 is 20.0. The molecule has 0 N–H and O–H groups in total. The zero-order valence-electron chi connectivity index (χ0n) is 13.3. The summed E-state index contributed by atoms with van der Waals surface area (Å²) in [7, 11) is 1.65. The van der Waals surface area contributed by atoms with Crippen molar-refractivity contribution in [2.75, 3.05) is 36.5 Å². The van der Waals surface area contributed by atoms with Gasteiger partial charge in [0.05, 0.1) is 11.4 Å². The molecule has 3 aliphatic heterocycles. The molecule has 0 aromatic heterocycles. The van der Waals surface area contributed by atoms with Gasteiger partial charge >= 0.3 is 0 Å². The van der Waals surface area contributed by atoms with E-state index in [9.17, 15) is 9.18 Å². The summed E-state index contributed by atoms with van der Waals surface area (Å²) >= 11 is 5.54. The van der Waals surface area contributed by atoms with Crippen molar-refractivity contribution >= 4 is 34.6 Å². The van der Waals surface area contributed by atoms with Gasteiger partial charge in [-0.3, -0.25) is 19.7 Å². The Morgan fingerprint density at radius 1 is 1.21 bits per heavy atom. The van der Waals surface area contributed by atoms with Crippen LogP contribution in [0, 0.1) is 5.82 Å². The average molecular weight is 348 g/mol. The maximum atomic E-state index is 14.7. The lowest BCUT2D eigenvalue weighted by molar-refractivity contribution is -0.120. The fourth-order valence-corrected chi connectivity index (χ4v) is 3.66. The second-order valence-corrected chi connectivity index (χ2v) is 6.37. The van der Waals surface area contributed by atoms with Crippen LogP contribution in [0.2, 0.25) is 0 Å². The number of thiocarbonyl (C=S) groups is 1. The van der Waals surface area contributed by atoms with Gasteiger partial charge in [0.1, 0.15) is 11.6 Å². The minimum absolute atomic E-state index is 0.0846. The van der Waals surface area contributed by atoms with Gasteiger partial charge in [0.15, 0.2) is 12.4 Å². The van der Waals surface area contributed by atoms with Gasteiger partial charge in [-0.2, -0.15) is 0 Å². The number of halogens is 1. The summed E-state index contributed by atoms with van der Waals surface area (Å²) in [4.78, 5) is 14.9. The number of rotatable bonds is 1. The number of carbonyl (C=O) groups is 1. The molecule has 24 heavy (non-hydrogen) atoms. The van der Waals surface area contributed by atoms with Crippen LogP contribution in [-0.2, 0) is 4.79 Å². The fraction of sp³-hybridized carbons (Fsp3) is 0.375. The second kappa shape index (κ2) is 5.34. The van der Waals surface area contributed by atoms with Crippen molar-refractivity contribution in [3.8, 4) is 5.75 Å². The molecule has 3 heterocycles. The van der Waals surface area contributed by atoms with E-state index in [0.717, 1.165) is 25.9 Å². The van der Waals surface area contributed by atoms with Crippen LogP contribution in [0.5, 0.6) is 5.75 Å². The van der Waals surface area contributed by atoms with E-state index in [2.05, 4.69) is 6.58 Å².